The van der Waals surface area contributed by atoms with Gasteiger partial charge in [0.25, 0.3) is 0 Å². The lowest BCUT2D eigenvalue weighted by atomic mass is 10.2. The minimum atomic E-state index is -0.526. The quantitative estimate of drug-likeness (QED) is 0.802. The fourth-order valence-corrected chi connectivity index (χ4v) is 1.64. The van der Waals surface area contributed by atoms with E-state index >= 15 is 0 Å². The number of carbonyl (C=O) groups is 1. The van der Waals surface area contributed by atoms with Crippen molar-refractivity contribution in [2.24, 2.45) is 0 Å². The number of nitrogens with one attached hydrogen (secondary N) is 2. The van der Waals surface area contributed by atoms with Crippen molar-refractivity contribution in [3.63, 3.8) is 0 Å². The van der Waals surface area contributed by atoms with Crippen molar-refractivity contribution >= 4 is 38.0 Å². The highest BCUT2D eigenvalue weighted by molar-refractivity contribution is 9.13. The highest BCUT2D eigenvalue weighted by Crippen LogP contribution is 2.26. The van der Waals surface area contributed by atoms with Crippen molar-refractivity contribution in [1.82, 2.24) is 10.9 Å². The second-order valence-electron chi connectivity index (χ2n) is 4.31. The molecule has 17 heavy (non-hydrogen) atoms. The summed E-state index contributed by atoms with van der Waals surface area (Å²) < 4.78 is 11.8. The summed E-state index contributed by atoms with van der Waals surface area (Å²) in [5, 5.41) is 0. The number of hydrogen-bond acceptors (Lipinski definition) is 4. The number of halogens is 2. The molecule has 0 fully saturated rings. The molecule has 0 atom stereocenters. The first-order chi connectivity index (χ1) is 7.78. The molecule has 0 aliphatic carbocycles. The van der Waals surface area contributed by atoms with Gasteiger partial charge in [0.2, 0.25) is 0 Å². The average Bonchev–Trinajstić information content (AvgIpc) is 2.43. The number of furan rings is 1. The largest absolute Gasteiger partial charge is 0.452 e. The Bertz CT molecular complexity index is 379. The molecule has 0 spiro atoms. The number of carbonyl (C=O) groups excluding carboxylic acids is 1. The molecule has 2 N–H and O–H groups in total. The Kier molecular flexibility index (Phi) is 5.03. The Morgan fingerprint density at radius 2 is 2.12 bits per heavy atom. The van der Waals surface area contributed by atoms with Crippen LogP contribution in [0, 0.1) is 0 Å². The van der Waals surface area contributed by atoms with E-state index in [0.29, 0.717) is 17.0 Å². The summed E-state index contributed by atoms with van der Waals surface area (Å²) in [4.78, 5) is 11.3. The van der Waals surface area contributed by atoms with E-state index in [4.69, 9.17) is 9.15 Å². The van der Waals surface area contributed by atoms with Crippen LogP contribution in [0.4, 0.5) is 4.79 Å². The van der Waals surface area contributed by atoms with Crippen LogP contribution in [0.15, 0.2) is 19.6 Å². The maximum absolute atomic E-state index is 11.3. The first kappa shape index (κ1) is 14.5. The van der Waals surface area contributed by atoms with Gasteiger partial charge in [0.05, 0.1) is 11.0 Å². The zero-order valence-corrected chi connectivity index (χ0v) is 12.9. The van der Waals surface area contributed by atoms with Gasteiger partial charge in [-0.3, -0.25) is 5.43 Å². The molecule has 1 amide bonds. The second kappa shape index (κ2) is 5.88. The van der Waals surface area contributed by atoms with Crippen LogP contribution in [0.2, 0.25) is 0 Å². The average molecular weight is 370 g/mol. The lowest BCUT2D eigenvalue weighted by Gasteiger charge is -2.19. The first-order valence-corrected chi connectivity index (χ1v) is 6.52. The van der Waals surface area contributed by atoms with E-state index in [1.54, 1.807) is 26.8 Å². The van der Waals surface area contributed by atoms with Crippen molar-refractivity contribution in [1.29, 1.82) is 0 Å². The molecule has 1 aromatic heterocycles. The Morgan fingerprint density at radius 1 is 1.47 bits per heavy atom. The number of hydrazine groups is 1. The van der Waals surface area contributed by atoms with Crippen molar-refractivity contribution in [2.75, 3.05) is 0 Å². The first-order valence-electron chi connectivity index (χ1n) is 4.93. The van der Waals surface area contributed by atoms with E-state index in [2.05, 4.69) is 42.7 Å². The molecule has 7 heteroatoms. The molecule has 0 saturated carbocycles. The van der Waals surface area contributed by atoms with Gasteiger partial charge in [-0.25, -0.2) is 10.2 Å². The molecule has 1 aromatic rings. The maximum atomic E-state index is 11.3. The van der Waals surface area contributed by atoms with E-state index in [1.807, 2.05) is 0 Å². The van der Waals surface area contributed by atoms with Crippen molar-refractivity contribution < 1.29 is 13.9 Å². The molecular formula is C10H14Br2N2O3. The molecule has 96 valence electrons. The molecule has 0 saturated heterocycles. The maximum Gasteiger partial charge on any atom is 0.422 e. The predicted molar refractivity (Wildman–Crippen MR) is 70.3 cm³/mol. The Balaban J connectivity index is 2.31. The third kappa shape index (κ3) is 5.56. The van der Waals surface area contributed by atoms with Crippen LogP contribution in [0.1, 0.15) is 26.5 Å². The van der Waals surface area contributed by atoms with E-state index < -0.39 is 11.7 Å². The molecule has 0 unspecified atom stereocenters. The smallest absolute Gasteiger partial charge is 0.422 e. The van der Waals surface area contributed by atoms with E-state index in [1.165, 1.54) is 0 Å². The SMILES string of the molecule is CC(C)(C)OC(=O)NNCc1cc(Br)c(Br)o1. The highest BCUT2D eigenvalue weighted by Gasteiger charge is 2.15. The minimum Gasteiger partial charge on any atom is -0.452 e. The van der Waals surface area contributed by atoms with Crippen molar-refractivity contribution in [3.05, 3.63) is 21.0 Å². The van der Waals surface area contributed by atoms with Crippen LogP contribution in [0.3, 0.4) is 0 Å². The van der Waals surface area contributed by atoms with Gasteiger partial charge in [0.15, 0.2) is 4.67 Å². The van der Waals surface area contributed by atoms with E-state index in [0.717, 1.165) is 4.47 Å². The Hall–Kier alpha value is -0.530. The third-order valence-electron chi connectivity index (χ3n) is 1.55. The van der Waals surface area contributed by atoms with Gasteiger partial charge >= 0.3 is 6.09 Å². The highest BCUT2D eigenvalue weighted by atomic mass is 79.9. The zero-order valence-electron chi connectivity index (χ0n) is 9.77. The molecule has 1 rings (SSSR count). The van der Waals surface area contributed by atoms with Gasteiger partial charge in [-0.15, -0.1) is 0 Å². The minimum absolute atomic E-state index is 0.365. The van der Waals surface area contributed by atoms with Crippen LogP contribution in [-0.4, -0.2) is 11.7 Å². The third-order valence-corrected chi connectivity index (χ3v) is 3.26. The zero-order chi connectivity index (χ0) is 13.1. The Labute approximate surface area is 116 Å². The van der Waals surface area contributed by atoms with Gasteiger partial charge in [-0.2, -0.15) is 0 Å². The fourth-order valence-electron chi connectivity index (χ4n) is 0.986. The fraction of sp³-hybridized carbons (Fsp3) is 0.500. The summed E-state index contributed by atoms with van der Waals surface area (Å²) in [6.45, 7) is 5.76. The molecule has 0 aliphatic heterocycles. The Morgan fingerprint density at radius 3 is 2.59 bits per heavy atom. The van der Waals surface area contributed by atoms with Crippen LogP contribution in [0.25, 0.3) is 0 Å². The topological polar surface area (TPSA) is 63.5 Å². The normalized spacial score (nSPS) is 11.4. The van der Waals surface area contributed by atoms with E-state index in [-0.39, 0.29) is 0 Å². The van der Waals surface area contributed by atoms with Crippen LogP contribution in [0.5, 0.6) is 0 Å². The van der Waals surface area contributed by atoms with Gasteiger partial charge in [-0.05, 0) is 58.7 Å². The monoisotopic (exact) mass is 368 g/mol. The summed E-state index contributed by atoms with van der Waals surface area (Å²) in [5.41, 5.74) is 4.61. The molecule has 1 heterocycles. The number of hydrogen-bond donors (Lipinski definition) is 2. The molecule has 5 nitrogen and oxygen atoms in total. The summed E-state index contributed by atoms with van der Waals surface area (Å²) in [6, 6.07) is 1.80. The summed E-state index contributed by atoms with van der Waals surface area (Å²) >= 11 is 6.52. The number of ether oxygens (including phenoxy) is 1. The molecular weight excluding hydrogens is 356 g/mol. The van der Waals surface area contributed by atoms with Gasteiger partial charge in [-0.1, -0.05) is 0 Å². The van der Waals surface area contributed by atoms with E-state index in [9.17, 15) is 4.79 Å². The van der Waals surface area contributed by atoms with Gasteiger partial charge < -0.3 is 9.15 Å². The number of amides is 1. The van der Waals surface area contributed by atoms with Gasteiger partial charge in [0, 0.05) is 0 Å². The predicted octanol–water partition coefficient (Wildman–Crippen LogP) is 3.33. The summed E-state index contributed by atoms with van der Waals surface area (Å²) in [7, 11) is 0. The van der Waals surface area contributed by atoms with Crippen LogP contribution < -0.4 is 10.9 Å². The van der Waals surface area contributed by atoms with Crippen molar-refractivity contribution in [2.45, 2.75) is 32.9 Å². The second-order valence-corrected chi connectivity index (χ2v) is 5.89. The lowest BCUT2D eigenvalue weighted by Crippen LogP contribution is -2.40. The lowest BCUT2D eigenvalue weighted by molar-refractivity contribution is 0.0495. The van der Waals surface area contributed by atoms with Crippen molar-refractivity contribution in [3.8, 4) is 0 Å². The molecule has 0 bridgehead atoms. The summed E-state index contributed by atoms with van der Waals surface area (Å²) in [6.07, 6.45) is -0.526. The molecule has 0 aromatic carbocycles. The van der Waals surface area contributed by atoms with Gasteiger partial charge in [0.1, 0.15) is 11.4 Å². The standard InChI is InChI=1S/C10H14Br2N2O3/c1-10(2,3)17-9(15)14-13-5-6-4-7(11)8(12)16-6/h4,13H,5H2,1-3H3,(H,14,15). The molecule has 0 aliphatic rings. The summed E-state index contributed by atoms with van der Waals surface area (Å²) in [5.74, 6) is 0.680. The van der Waals surface area contributed by atoms with Crippen LogP contribution in [-0.2, 0) is 11.3 Å². The number of rotatable bonds is 3. The molecule has 0 radical (unpaired) electrons. The van der Waals surface area contributed by atoms with Crippen LogP contribution >= 0.6 is 31.9 Å².